The van der Waals surface area contributed by atoms with Crippen molar-refractivity contribution in [3.8, 4) is 11.3 Å². The van der Waals surface area contributed by atoms with Crippen molar-refractivity contribution in [2.45, 2.75) is 40.3 Å². The van der Waals surface area contributed by atoms with Gasteiger partial charge in [-0.2, -0.15) is 5.10 Å². The van der Waals surface area contributed by atoms with E-state index in [1.54, 1.807) is 0 Å². The summed E-state index contributed by atoms with van der Waals surface area (Å²) >= 11 is 0. The summed E-state index contributed by atoms with van der Waals surface area (Å²) < 4.78 is 1.86. The lowest BCUT2D eigenvalue weighted by Gasteiger charge is -2.14. The lowest BCUT2D eigenvalue weighted by Crippen LogP contribution is -2.36. The molecule has 0 aliphatic carbocycles. The number of rotatable bonds is 5. The van der Waals surface area contributed by atoms with Crippen LogP contribution in [0.15, 0.2) is 36.5 Å². The number of aromatic nitrogens is 2. The van der Waals surface area contributed by atoms with Gasteiger partial charge in [-0.3, -0.25) is 9.48 Å². The van der Waals surface area contributed by atoms with Crippen LogP contribution < -0.4 is 5.32 Å². The minimum Gasteiger partial charge on any atom is -0.354 e. The topological polar surface area (TPSA) is 46.9 Å². The summed E-state index contributed by atoms with van der Waals surface area (Å²) in [5, 5.41) is 7.55. The Labute approximate surface area is 126 Å². The zero-order valence-corrected chi connectivity index (χ0v) is 13.1. The molecule has 0 fully saturated rings. The number of carbonyl (C=O) groups is 1. The van der Waals surface area contributed by atoms with Crippen molar-refractivity contribution >= 4 is 5.91 Å². The highest BCUT2D eigenvalue weighted by Crippen LogP contribution is 2.21. The fraction of sp³-hybridized carbons (Fsp3) is 0.412. The molecule has 1 heterocycles. The summed E-state index contributed by atoms with van der Waals surface area (Å²) in [7, 11) is 0. The second-order valence-corrected chi connectivity index (χ2v) is 5.81. The van der Waals surface area contributed by atoms with Gasteiger partial charge in [-0.25, -0.2) is 0 Å². The normalized spacial score (nSPS) is 12.4. The summed E-state index contributed by atoms with van der Waals surface area (Å²) in [5.74, 6) is -0.0327. The Bertz CT molecular complexity index is 602. The average Bonchev–Trinajstić information content (AvgIpc) is 2.79. The molecule has 0 saturated heterocycles. The van der Waals surface area contributed by atoms with Crippen LogP contribution in [0.2, 0.25) is 0 Å². The van der Waals surface area contributed by atoms with Gasteiger partial charge < -0.3 is 5.32 Å². The van der Waals surface area contributed by atoms with E-state index in [9.17, 15) is 4.79 Å². The molecule has 0 bridgehead atoms. The van der Waals surface area contributed by atoms with E-state index in [0.29, 0.717) is 6.54 Å². The van der Waals surface area contributed by atoms with Gasteiger partial charge in [0.25, 0.3) is 0 Å². The van der Waals surface area contributed by atoms with Gasteiger partial charge in [0, 0.05) is 17.8 Å². The van der Waals surface area contributed by atoms with Gasteiger partial charge in [0.1, 0.15) is 0 Å². The molecule has 4 nitrogen and oxygen atoms in total. The molecule has 0 spiro atoms. The first kappa shape index (κ1) is 15.3. The summed E-state index contributed by atoms with van der Waals surface area (Å²) in [5.41, 5.74) is 3.21. The maximum atomic E-state index is 12.0. The third kappa shape index (κ3) is 3.94. The highest BCUT2D eigenvalue weighted by Gasteiger charge is 2.16. The Balaban J connectivity index is 2.11. The molecular weight excluding hydrogens is 262 g/mol. The number of benzene rings is 1. The van der Waals surface area contributed by atoms with Gasteiger partial charge in [-0.05, 0) is 26.3 Å². The molecule has 1 atom stereocenters. The van der Waals surface area contributed by atoms with Crippen LogP contribution in [0.25, 0.3) is 11.3 Å². The lowest BCUT2D eigenvalue weighted by molar-refractivity contribution is -0.125. The molecule has 2 aromatic rings. The first-order valence-corrected chi connectivity index (χ1v) is 7.37. The molecular formula is C17H23N3O. The Kier molecular flexibility index (Phi) is 4.78. The van der Waals surface area contributed by atoms with Crippen molar-refractivity contribution in [3.05, 3.63) is 42.1 Å². The van der Waals surface area contributed by atoms with Gasteiger partial charge in [0.2, 0.25) is 5.91 Å². The molecule has 1 N–H and O–H groups in total. The Morgan fingerprint density at radius 3 is 2.52 bits per heavy atom. The van der Waals surface area contributed by atoms with Gasteiger partial charge in [0.05, 0.1) is 18.2 Å². The quantitative estimate of drug-likeness (QED) is 0.918. The largest absolute Gasteiger partial charge is 0.354 e. The first-order chi connectivity index (χ1) is 9.97. The van der Waals surface area contributed by atoms with Crippen LogP contribution >= 0.6 is 0 Å². The molecule has 0 aliphatic rings. The van der Waals surface area contributed by atoms with Crippen LogP contribution in [0.4, 0.5) is 0 Å². The maximum Gasteiger partial charge on any atom is 0.224 e. The molecule has 0 saturated carbocycles. The van der Waals surface area contributed by atoms with E-state index in [4.69, 9.17) is 0 Å². The van der Waals surface area contributed by atoms with Crippen molar-refractivity contribution in [2.24, 2.45) is 5.92 Å². The van der Waals surface area contributed by atoms with Crippen LogP contribution in [-0.4, -0.2) is 21.7 Å². The van der Waals surface area contributed by atoms with Crippen molar-refractivity contribution in [1.29, 1.82) is 0 Å². The predicted octanol–water partition coefficient (Wildman–Crippen LogP) is 3.02. The van der Waals surface area contributed by atoms with Crippen LogP contribution in [-0.2, 0) is 11.3 Å². The minimum atomic E-state index is -0.102. The number of nitrogens with one attached hydrogen (secondary N) is 1. The molecule has 21 heavy (non-hydrogen) atoms. The van der Waals surface area contributed by atoms with Crippen LogP contribution in [0.3, 0.4) is 0 Å². The molecule has 0 radical (unpaired) electrons. The lowest BCUT2D eigenvalue weighted by atomic mass is 10.1. The number of aryl methyl sites for hydroxylation is 1. The fourth-order valence-corrected chi connectivity index (χ4v) is 2.29. The third-order valence-corrected chi connectivity index (χ3v) is 3.33. The van der Waals surface area contributed by atoms with Crippen molar-refractivity contribution in [1.82, 2.24) is 15.1 Å². The molecule has 1 aromatic heterocycles. The summed E-state index contributed by atoms with van der Waals surface area (Å²) in [4.78, 5) is 12.0. The first-order valence-electron chi connectivity index (χ1n) is 7.37. The number of amides is 1. The number of hydrogen-bond donors (Lipinski definition) is 1. The third-order valence-electron chi connectivity index (χ3n) is 3.33. The number of hydrogen-bond acceptors (Lipinski definition) is 2. The standard InChI is InChI=1S/C17H23N3O/c1-12(2)18-17(21)14(4)11-20-10-13(3)16(19-20)15-8-6-5-7-9-15/h5-10,12,14H,11H2,1-4H3,(H,18,21). The van der Waals surface area contributed by atoms with E-state index in [2.05, 4.69) is 22.5 Å². The minimum absolute atomic E-state index is 0.0689. The van der Waals surface area contributed by atoms with E-state index in [-0.39, 0.29) is 17.9 Å². The van der Waals surface area contributed by atoms with Gasteiger partial charge >= 0.3 is 0 Å². The summed E-state index contributed by atoms with van der Waals surface area (Å²) in [6, 6.07) is 10.3. The summed E-state index contributed by atoms with van der Waals surface area (Å²) in [6.07, 6.45) is 2.00. The number of carbonyl (C=O) groups excluding carboxylic acids is 1. The van der Waals surface area contributed by atoms with Crippen LogP contribution in [0.1, 0.15) is 26.3 Å². The molecule has 1 unspecified atom stereocenters. The zero-order chi connectivity index (χ0) is 15.4. The molecule has 2 rings (SSSR count). The van der Waals surface area contributed by atoms with E-state index < -0.39 is 0 Å². The van der Waals surface area contributed by atoms with Gasteiger partial charge in [-0.15, -0.1) is 0 Å². The highest BCUT2D eigenvalue weighted by molar-refractivity contribution is 5.78. The molecule has 1 amide bonds. The fourth-order valence-electron chi connectivity index (χ4n) is 2.29. The Hall–Kier alpha value is -2.10. The maximum absolute atomic E-state index is 12.0. The number of nitrogens with zero attached hydrogens (tertiary/aromatic N) is 2. The Morgan fingerprint density at radius 1 is 1.24 bits per heavy atom. The molecule has 1 aromatic carbocycles. The van der Waals surface area contributed by atoms with Gasteiger partial charge in [0.15, 0.2) is 0 Å². The van der Waals surface area contributed by atoms with E-state index in [0.717, 1.165) is 16.8 Å². The van der Waals surface area contributed by atoms with Crippen molar-refractivity contribution < 1.29 is 4.79 Å². The SMILES string of the molecule is Cc1cn(CC(C)C(=O)NC(C)C)nc1-c1ccccc1. The zero-order valence-electron chi connectivity index (χ0n) is 13.1. The van der Waals surface area contributed by atoms with Crippen LogP contribution in [0.5, 0.6) is 0 Å². The molecule has 0 aliphatic heterocycles. The second kappa shape index (κ2) is 6.57. The monoisotopic (exact) mass is 285 g/mol. The van der Waals surface area contributed by atoms with Crippen molar-refractivity contribution in [2.75, 3.05) is 0 Å². The second-order valence-electron chi connectivity index (χ2n) is 5.81. The van der Waals surface area contributed by atoms with Crippen molar-refractivity contribution in [3.63, 3.8) is 0 Å². The van der Waals surface area contributed by atoms with E-state index in [1.165, 1.54) is 0 Å². The van der Waals surface area contributed by atoms with E-state index >= 15 is 0 Å². The predicted molar refractivity (Wildman–Crippen MR) is 84.8 cm³/mol. The molecule has 4 heteroatoms. The smallest absolute Gasteiger partial charge is 0.224 e. The molecule has 112 valence electrons. The summed E-state index contributed by atoms with van der Waals surface area (Å²) in [6.45, 7) is 8.50. The van der Waals surface area contributed by atoms with Gasteiger partial charge in [-0.1, -0.05) is 37.3 Å². The van der Waals surface area contributed by atoms with Crippen LogP contribution in [0, 0.1) is 12.8 Å². The average molecular weight is 285 g/mol. The highest BCUT2D eigenvalue weighted by atomic mass is 16.1. The Morgan fingerprint density at radius 2 is 1.90 bits per heavy atom. The van der Waals surface area contributed by atoms with E-state index in [1.807, 2.05) is 56.8 Å².